The first kappa shape index (κ1) is 15.9. The number of hydrogen-bond donors (Lipinski definition) is 1. The molecule has 116 valence electrons. The maximum absolute atomic E-state index is 12.0. The minimum absolute atomic E-state index is 0.189. The molecule has 0 unspecified atom stereocenters. The molecule has 0 spiro atoms. The zero-order valence-electron chi connectivity index (χ0n) is 11.8. The summed E-state index contributed by atoms with van der Waals surface area (Å²) in [5, 5.41) is 0.421. The Morgan fingerprint density at radius 1 is 1.18 bits per heavy atom. The summed E-state index contributed by atoms with van der Waals surface area (Å²) < 4.78 is 15.1. The highest BCUT2D eigenvalue weighted by atomic mass is 35.5. The number of nitrogens with two attached hydrogens (primary N) is 1. The van der Waals surface area contributed by atoms with Gasteiger partial charge in [0.25, 0.3) is 0 Å². The summed E-state index contributed by atoms with van der Waals surface area (Å²) in [6.45, 7) is 1.73. The molecule has 0 aliphatic heterocycles. The first-order valence-electron chi connectivity index (χ1n) is 6.48. The van der Waals surface area contributed by atoms with Crippen molar-refractivity contribution < 1.29 is 23.5 Å². The summed E-state index contributed by atoms with van der Waals surface area (Å²) in [7, 11) is 0. The second-order valence-electron chi connectivity index (χ2n) is 4.29. The number of carbonyl (C=O) groups is 2. The molecule has 0 fully saturated rings. The molecule has 0 saturated heterocycles. The number of hydrogen-bond acceptors (Lipinski definition) is 6. The van der Waals surface area contributed by atoms with Crippen molar-refractivity contribution in [1.29, 1.82) is 0 Å². The highest BCUT2D eigenvalue weighted by Gasteiger charge is 2.18. The molecule has 2 aromatic rings. The van der Waals surface area contributed by atoms with E-state index in [9.17, 15) is 9.59 Å². The summed E-state index contributed by atoms with van der Waals surface area (Å²) in [5.41, 5.74) is 6.33. The van der Waals surface area contributed by atoms with E-state index in [2.05, 4.69) is 0 Å². The summed E-state index contributed by atoms with van der Waals surface area (Å²) in [6.07, 6.45) is 1.33. The lowest BCUT2D eigenvalue weighted by Crippen LogP contribution is -2.11. The van der Waals surface area contributed by atoms with Crippen molar-refractivity contribution in [3.63, 3.8) is 0 Å². The molecule has 2 N–H and O–H groups in total. The second-order valence-corrected chi connectivity index (χ2v) is 4.72. The maximum atomic E-state index is 12.0. The first-order valence-corrected chi connectivity index (χ1v) is 6.86. The molecule has 0 aliphatic rings. The highest BCUT2D eigenvalue weighted by molar-refractivity contribution is 6.31. The van der Waals surface area contributed by atoms with Gasteiger partial charge in [-0.05, 0) is 31.2 Å². The van der Waals surface area contributed by atoms with E-state index in [1.165, 1.54) is 30.5 Å². The van der Waals surface area contributed by atoms with Crippen molar-refractivity contribution in [2.45, 2.75) is 13.5 Å². The van der Waals surface area contributed by atoms with Crippen molar-refractivity contribution in [3.8, 4) is 0 Å². The largest absolute Gasteiger partial charge is 0.465 e. The van der Waals surface area contributed by atoms with E-state index in [1.54, 1.807) is 6.92 Å². The van der Waals surface area contributed by atoms with Gasteiger partial charge in [0.2, 0.25) is 0 Å². The van der Waals surface area contributed by atoms with E-state index in [1.807, 2.05) is 0 Å². The van der Waals surface area contributed by atoms with Gasteiger partial charge in [0.15, 0.2) is 12.4 Å². The molecule has 1 aromatic carbocycles. The summed E-state index contributed by atoms with van der Waals surface area (Å²) in [5.74, 6) is -0.965. The molecule has 1 aromatic heterocycles. The smallest absolute Gasteiger partial charge is 0.341 e. The topological polar surface area (TPSA) is 91.8 Å². The Morgan fingerprint density at radius 3 is 2.59 bits per heavy atom. The van der Waals surface area contributed by atoms with Crippen molar-refractivity contribution in [1.82, 2.24) is 0 Å². The summed E-state index contributed by atoms with van der Waals surface area (Å²) in [6, 6.07) is 5.91. The Kier molecular flexibility index (Phi) is 5.06. The van der Waals surface area contributed by atoms with Crippen molar-refractivity contribution >= 4 is 29.2 Å². The third kappa shape index (κ3) is 3.59. The fourth-order valence-electron chi connectivity index (χ4n) is 1.77. The Hall–Kier alpha value is -2.47. The predicted octanol–water partition coefficient (Wildman–Crippen LogP) is 3.05. The number of furan rings is 1. The van der Waals surface area contributed by atoms with E-state index in [-0.39, 0.29) is 35.8 Å². The lowest BCUT2D eigenvalue weighted by Gasteiger charge is -2.07. The average Bonchev–Trinajstić information content (AvgIpc) is 2.93. The van der Waals surface area contributed by atoms with Crippen LogP contribution < -0.4 is 5.73 Å². The van der Waals surface area contributed by atoms with Crippen LogP contribution in [-0.2, 0) is 16.1 Å². The number of carbonyl (C=O) groups excluding carboxylic acids is 2. The van der Waals surface area contributed by atoms with Gasteiger partial charge >= 0.3 is 11.9 Å². The van der Waals surface area contributed by atoms with Gasteiger partial charge in [-0.15, -0.1) is 0 Å². The van der Waals surface area contributed by atoms with E-state index in [0.717, 1.165) is 0 Å². The minimum atomic E-state index is -0.639. The van der Waals surface area contributed by atoms with Gasteiger partial charge in [0, 0.05) is 10.7 Å². The summed E-state index contributed by atoms with van der Waals surface area (Å²) in [4.78, 5) is 23.7. The third-order valence-corrected chi connectivity index (χ3v) is 3.04. The molecule has 0 atom stereocenters. The standard InChI is InChI=1S/C15H14ClNO5/c1-2-20-15(19)11-5-6-21-13(11)8-22-14(18)10-4-3-9(16)7-12(10)17/h3-7H,2,8,17H2,1H3. The molecule has 0 amide bonds. The van der Waals surface area contributed by atoms with Crippen LogP contribution >= 0.6 is 11.6 Å². The van der Waals surface area contributed by atoms with Gasteiger partial charge in [-0.25, -0.2) is 9.59 Å². The van der Waals surface area contributed by atoms with E-state index < -0.39 is 11.9 Å². The predicted molar refractivity (Wildman–Crippen MR) is 79.6 cm³/mol. The van der Waals surface area contributed by atoms with Crippen LogP contribution in [0, 0.1) is 0 Å². The molecule has 6 nitrogen and oxygen atoms in total. The fraction of sp³-hybridized carbons (Fsp3) is 0.200. The monoisotopic (exact) mass is 323 g/mol. The SMILES string of the molecule is CCOC(=O)c1ccoc1COC(=O)c1ccc(Cl)cc1N. The lowest BCUT2D eigenvalue weighted by molar-refractivity contribution is 0.0424. The summed E-state index contributed by atoms with van der Waals surface area (Å²) >= 11 is 5.77. The number of halogens is 1. The number of esters is 2. The van der Waals surface area contributed by atoms with Crippen LogP contribution in [0.5, 0.6) is 0 Å². The van der Waals surface area contributed by atoms with Crippen LogP contribution in [0.3, 0.4) is 0 Å². The van der Waals surface area contributed by atoms with Gasteiger partial charge in [-0.2, -0.15) is 0 Å². The molecule has 22 heavy (non-hydrogen) atoms. The molecule has 0 aliphatic carbocycles. The van der Waals surface area contributed by atoms with Crippen molar-refractivity contribution in [2.24, 2.45) is 0 Å². The molecule has 0 bridgehead atoms. The van der Waals surface area contributed by atoms with E-state index in [0.29, 0.717) is 5.02 Å². The Bertz CT molecular complexity index is 695. The molecule has 2 rings (SSSR count). The van der Waals surface area contributed by atoms with Gasteiger partial charge in [-0.1, -0.05) is 11.6 Å². The average molecular weight is 324 g/mol. The lowest BCUT2D eigenvalue weighted by atomic mass is 10.2. The fourth-order valence-corrected chi connectivity index (χ4v) is 1.95. The molecule has 7 heteroatoms. The third-order valence-electron chi connectivity index (χ3n) is 2.81. The van der Waals surface area contributed by atoms with Gasteiger partial charge in [0.1, 0.15) is 5.56 Å². The van der Waals surface area contributed by atoms with E-state index in [4.69, 9.17) is 31.2 Å². The molecule has 0 saturated carbocycles. The first-order chi connectivity index (χ1) is 10.5. The number of ether oxygens (including phenoxy) is 2. The normalized spacial score (nSPS) is 10.3. The van der Waals surface area contributed by atoms with Crippen LogP contribution in [0.1, 0.15) is 33.4 Å². The number of rotatable bonds is 5. The second kappa shape index (κ2) is 7.00. The Morgan fingerprint density at radius 2 is 1.91 bits per heavy atom. The number of nitrogen functional groups attached to an aromatic ring is 1. The van der Waals surface area contributed by atoms with Crippen molar-refractivity contribution in [3.05, 3.63) is 52.4 Å². The van der Waals surface area contributed by atoms with Crippen LogP contribution in [0.2, 0.25) is 5.02 Å². The molecule has 0 radical (unpaired) electrons. The van der Waals surface area contributed by atoms with Crippen molar-refractivity contribution in [2.75, 3.05) is 12.3 Å². The van der Waals surface area contributed by atoms with E-state index >= 15 is 0 Å². The van der Waals surface area contributed by atoms with Crippen LogP contribution in [-0.4, -0.2) is 18.5 Å². The van der Waals surface area contributed by atoms with Crippen LogP contribution in [0.15, 0.2) is 34.9 Å². The van der Waals surface area contributed by atoms with Gasteiger partial charge in [0.05, 0.1) is 18.4 Å². The van der Waals surface area contributed by atoms with Gasteiger partial charge in [-0.3, -0.25) is 0 Å². The minimum Gasteiger partial charge on any atom is -0.465 e. The Balaban J connectivity index is 2.06. The van der Waals surface area contributed by atoms with Crippen LogP contribution in [0.25, 0.3) is 0 Å². The van der Waals surface area contributed by atoms with Crippen LogP contribution in [0.4, 0.5) is 5.69 Å². The molecule has 1 heterocycles. The van der Waals surface area contributed by atoms with Gasteiger partial charge < -0.3 is 19.6 Å². The molecular weight excluding hydrogens is 310 g/mol. The Labute approximate surface area is 131 Å². The molecular formula is C15H14ClNO5. The number of anilines is 1. The maximum Gasteiger partial charge on any atom is 0.341 e. The highest BCUT2D eigenvalue weighted by Crippen LogP contribution is 2.20. The number of benzene rings is 1. The quantitative estimate of drug-likeness (QED) is 0.671. The zero-order chi connectivity index (χ0) is 16.1. The zero-order valence-corrected chi connectivity index (χ0v) is 12.6.